The standard InChI is InChI=1S/C23H14Br2N2O5/c24-15-5-1-13(2-6-15)20-19(21(28)14-3-9-18(10-4-14)27(31)32)22(29)23(30)26(20)17-11-7-16(25)8-12-17/h1-12,20,28H. The van der Waals surface area contributed by atoms with E-state index in [9.17, 15) is 24.8 Å². The molecular weight excluding hydrogens is 544 g/mol. The molecule has 0 aromatic heterocycles. The molecule has 32 heavy (non-hydrogen) atoms. The van der Waals surface area contributed by atoms with Crippen LogP contribution in [0.25, 0.3) is 5.76 Å². The van der Waals surface area contributed by atoms with Crippen molar-refractivity contribution in [1.82, 2.24) is 0 Å². The van der Waals surface area contributed by atoms with Gasteiger partial charge in [-0.15, -0.1) is 0 Å². The van der Waals surface area contributed by atoms with Crippen LogP contribution >= 0.6 is 31.9 Å². The number of benzene rings is 3. The molecule has 0 bridgehead atoms. The summed E-state index contributed by atoms with van der Waals surface area (Å²) in [5, 5.41) is 22.0. The number of carbonyl (C=O) groups is 2. The van der Waals surface area contributed by atoms with E-state index in [0.717, 1.165) is 8.95 Å². The third-order valence-electron chi connectivity index (χ3n) is 5.09. The first-order valence-corrected chi connectivity index (χ1v) is 10.9. The Labute approximate surface area is 199 Å². The highest BCUT2D eigenvalue weighted by atomic mass is 79.9. The van der Waals surface area contributed by atoms with Crippen molar-refractivity contribution in [3.05, 3.63) is 109 Å². The van der Waals surface area contributed by atoms with Gasteiger partial charge in [-0.1, -0.05) is 44.0 Å². The number of rotatable bonds is 4. The normalized spacial score (nSPS) is 17.6. The second-order valence-electron chi connectivity index (χ2n) is 7.00. The molecule has 1 unspecified atom stereocenters. The number of amides is 1. The van der Waals surface area contributed by atoms with Crippen LogP contribution in [-0.4, -0.2) is 21.7 Å². The lowest BCUT2D eigenvalue weighted by Gasteiger charge is -2.25. The van der Waals surface area contributed by atoms with Crippen LogP contribution in [-0.2, 0) is 9.59 Å². The van der Waals surface area contributed by atoms with Crippen LogP contribution in [0.1, 0.15) is 17.2 Å². The molecule has 7 nitrogen and oxygen atoms in total. The zero-order chi connectivity index (χ0) is 23.0. The fraction of sp³-hybridized carbons (Fsp3) is 0.0435. The number of Topliss-reactive ketones (excluding diaryl/α,β-unsaturated/α-hetero) is 1. The third kappa shape index (κ3) is 3.96. The summed E-state index contributed by atoms with van der Waals surface area (Å²) in [4.78, 5) is 37.8. The third-order valence-corrected chi connectivity index (χ3v) is 6.14. The zero-order valence-electron chi connectivity index (χ0n) is 16.2. The lowest BCUT2D eigenvalue weighted by molar-refractivity contribution is -0.384. The molecule has 1 atom stereocenters. The average Bonchev–Trinajstić information content (AvgIpc) is 3.05. The summed E-state index contributed by atoms with van der Waals surface area (Å²) in [7, 11) is 0. The van der Waals surface area contributed by atoms with Gasteiger partial charge >= 0.3 is 0 Å². The van der Waals surface area contributed by atoms with E-state index >= 15 is 0 Å². The number of nitro benzene ring substituents is 1. The predicted molar refractivity (Wildman–Crippen MR) is 126 cm³/mol. The summed E-state index contributed by atoms with van der Waals surface area (Å²) < 4.78 is 1.63. The Hall–Kier alpha value is -3.30. The Kier molecular flexibility index (Phi) is 5.94. The molecule has 1 saturated heterocycles. The van der Waals surface area contributed by atoms with Crippen LogP contribution in [0.5, 0.6) is 0 Å². The molecule has 3 aromatic rings. The molecule has 0 spiro atoms. The summed E-state index contributed by atoms with van der Waals surface area (Å²) in [6, 6.07) is 18.3. The van der Waals surface area contributed by atoms with Gasteiger partial charge in [0.25, 0.3) is 17.4 Å². The van der Waals surface area contributed by atoms with Gasteiger partial charge in [-0.3, -0.25) is 24.6 Å². The van der Waals surface area contributed by atoms with Crippen molar-refractivity contribution in [2.75, 3.05) is 4.90 Å². The van der Waals surface area contributed by atoms with Crippen molar-refractivity contribution < 1.29 is 19.6 Å². The van der Waals surface area contributed by atoms with Crippen molar-refractivity contribution in [3.8, 4) is 0 Å². The van der Waals surface area contributed by atoms with E-state index in [-0.39, 0.29) is 16.8 Å². The fourth-order valence-corrected chi connectivity index (χ4v) is 4.09. The van der Waals surface area contributed by atoms with Crippen molar-refractivity contribution in [1.29, 1.82) is 0 Å². The van der Waals surface area contributed by atoms with Crippen LogP contribution in [0, 0.1) is 10.1 Å². The minimum absolute atomic E-state index is 0.0888. The summed E-state index contributed by atoms with van der Waals surface area (Å²) in [5.74, 6) is -2.01. The predicted octanol–water partition coefficient (Wildman–Crippen LogP) is 5.75. The van der Waals surface area contributed by atoms with Crippen LogP contribution < -0.4 is 4.90 Å². The minimum atomic E-state index is -0.875. The first-order chi connectivity index (χ1) is 15.3. The largest absolute Gasteiger partial charge is 0.507 e. The number of aliphatic hydroxyl groups is 1. The Morgan fingerprint density at radius 1 is 0.875 bits per heavy atom. The SMILES string of the molecule is O=C1C(=O)N(c2ccc(Br)cc2)C(c2ccc(Br)cc2)C1=C(O)c1ccc([N+](=O)[O-])cc1. The van der Waals surface area contributed by atoms with E-state index in [1.165, 1.54) is 29.2 Å². The Morgan fingerprint density at radius 2 is 1.41 bits per heavy atom. The van der Waals surface area contributed by atoms with E-state index < -0.39 is 28.4 Å². The number of hydrogen-bond donors (Lipinski definition) is 1. The van der Waals surface area contributed by atoms with Crippen LogP contribution in [0.3, 0.4) is 0 Å². The average molecular weight is 558 g/mol. The number of ketones is 1. The molecule has 1 aliphatic rings. The molecule has 1 amide bonds. The molecule has 0 saturated carbocycles. The Balaban J connectivity index is 1.90. The van der Waals surface area contributed by atoms with Gasteiger partial charge in [0.2, 0.25) is 0 Å². The van der Waals surface area contributed by atoms with Gasteiger partial charge in [0.1, 0.15) is 5.76 Å². The maximum atomic E-state index is 13.1. The van der Waals surface area contributed by atoms with Gasteiger partial charge in [0, 0.05) is 32.3 Å². The van der Waals surface area contributed by atoms with E-state index in [1.807, 2.05) is 0 Å². The summed E-state index contributed by atoms with van der Waals surface area (Å²) in [6.45, 7) is 0. The van der Waals surface area contributed by atoms with Crippen molar-refractivity contribution in [2.45, 2.75) is 6.04 Å². The van der Waals surface area contributed by atoms with Crippen molar-refractivity contribution in [3.63, 3.8) is 0 Å². The molecule has 1 N–H and O–H groups in total. The summed E-state index contributed by atoms with van der Waals surface area (Å²) >= 11 is 6.73. The topological polar surface area (TPSA) is 101 Å². The van der Waals surface area contributed by atoms with Crippen LogP contribution in [0.2, 0.25) is 0 Å². The molecule has 1 aliphatic heterocycles. The maximum Gasteiger partial charge on any atom is 0.300 e. The number of hydrogen-bond acceptors (Lipinski definition) is 5. The van der Waals surface area contributed by atoms with Gasteiger partial charge in [-0.2, -0.15) is 0 Å². The number of anilines is 1. The quantitative estimate of drug-likeness (QED) is 0.145. The second-order valence-corrected chi connectivity index (χ2v) is 8.83. The molecule has 0 radical (unpaired) electrons. The number of nitrogens with zero attached hydrogens (tertiary/aromatic N) is 2. The van der Waals surface area contributed by atoms with Gasteiger partial charge in [-0.05, 0) is 54.1 Å². The number of halogens is 2. The highest BCUT2D eigenvalue weighted by molar-refractivity contribution is 9.10. The van der Waals surface area contributed by atoms with Gasteiger partial charge in [0.05, 0.1) is 16.5 Å². The van der Waals surface area contributed by atoms with Crippen LogP contribution in [0.15, 0.2) is 87.3 Å². The summed E-state index contributed by atoms with van der Waals surface area (Å²) in [6.07, 6.45) is 0. The van der Waals surface area contributed by atoms with Gasteiger partial charge in [0.15, 0.2) is 0 Å². The molecule has 1 heterocycles. The van der Waals surface area contributed by atoms with E-state index in [0.29, 0.717) is 11.3 Å². The molecule has 1 fully saturated rings. The molecule has 160 valence electrons. The lowest BCUT2D eigenvalue weighted by Crippen LogP contribution is -2.29. The highest BCUT2D eigenvalue weighted by Gasteiger charge is 2.46. The van der Waals surface area contributed by atoms with Crippen LogP contribution in [0.4, 0.5) is 11.4 Å². The Morgan fingerprint density at radius 3 is 1.94 bits per heavy atom. The second kappa shape index (κ2) is 8.68. The van der Waals surface area contributed by atoms with Crippen molar-refractivity contribution in [2.24, 2.45) is 0 Å². The Bertz CT molecular complexity index is 1250. The van der Waals surface area contributed by atoms with E-state index in [1.54, 1.807) is 48.5 Å². The van der Waals surface area contributed by atoms with E-state index in [2.05, 4.69) is 31.9 Å². The zero-order valence-corrected chi connectivity index (χ0v) is 19.4. The molecule has 4 rings (SSSR count). The first kappa shape index (κ1) is 21.9. The molecular formula is C23H14Br2N2O5. The van der Waals surface area contributed by atoms with Gasteiger partial charge in [-0.25, -0.2) is 0 Å². The summed E-state index contributed by atoms with van der Waals surface area (Å²) in [5.41, 5.74) is 1.08. The number of carbonyl (C=O) groups excluding carboxylic acids is 2. The molecule has 9 heteroatoms. The lowest BCUT2D eigenvalue weighted by atomic mass is 9.95. The number of aliphatic hydroxyl groups excluding tert-OH is 1. The molecule has 3 aromatic carbocycles. The molecule has 0 aliphatic carbocycles. The first-order valence-electron chi connectivity index (χ1n) is 9.35. The van der Waals surface area contributed by atoms with Crippen molar-refractivity contribution >= 4 is 60.7 Å². The van der Waals surface area contributed by atoms with Gasteiger partial charge < -0.3 is 5.11 Å². The monoisotopic (exact) mass is 556 g/mol. The highest BCUT2D eigenvalue weighted by Crippen LogP contribution is 2.42. The number of non-ortho nitro benzene ring substituents is 1. The fourth-order valence-electron chi connectivity index (χ4n) is 3.56. The number of nitro groups is 1. The smallest absolute Gasteiger partial charge is 0.300 e. The van der Waals surface area contributed by atoms with E-state index in [4.69, 9.17) is 0 Å². The minimum Gasteiger partial charge on any atom is -0.507 e. The maximum absolute atomic E-state index is 13.1.